The van der Waals surface area contributed by atoms with Crippen molar-refractivity contribution in [3.05, 3.63) is 29.8 Å². The zero-order valence-electron chi connectivity index (χ0n) is 12.3. The highest BCUT2D eigenvalue weighted by Crippen LogP contribution is 2.31. The lowest BCUT2D eigenvalue weighted by atomic mass is 9.79. The Kier molecular flexibility index (Phi) is 7.11. The van der Waals surface area contributed by atoms with Gasteiger partial charge >= 0.3 is 0 Å². The number of carbonyl (C=O) groups is 1. The Labute approximate surface area is 131 Å². The third-order valence-corrected chi connectivity index (χ3v) is 3.82. The maximum Gasteiger partial charge on any atom is 0.232 e. The van der Waals surface area contributed by atoms with Crippen LogP contribution in [0.4, 0.5) is 5.69 Å². The second-order valence-corrected chi connectivity index (χ2v) is 5.18. The minimum Gasteiger partial charge on any atom is -0.381 e. The van der Waals surface area contributed by atoms with Crippen LogP contribution in [0.15, 0.2) is 24.3 Å². The molecule has 5 nitrogen and oxygen atoms in total. The molecule has 2 rings (SSSR count). The van der Waals surface area contributed by atoms with E-state index in [0.717, 1.165) is 11.3 Å². The highest BCUT2D eigenvalue weighted by atomic mass is 35.5. The Morgan fingerprint density at radius 2 is 2.14 bits per heavy atom. The van der Waals surface area contributed by atoms with E-state index in [9.17, 15) is 4.79 Å². The molecule has 0 aliphatic carbocycles. The first-order valence-corrected chi connectivity index (χ1v) is 6.87. The van der Waals surface area contributed by atoms with Crippen molar-refractivity contribution in [2.24, 2.45) is 11.1 Å². The summed E-state index contributed by atoms with van der Waals surface area (Å²) in [5.74, 6) is -0.0159. The van der Waals surface area contributed by atoms with Gasteiger partial charge in [-0.2, -0.15) is 0 Å². The van der Waals surface area contributed by atoms with Gasteiger partial charge in [-0.05, 0) is 30.5 Å². The molecule has 21 heavy (non-hydrogen) atoms. The number of hydrogen-bond acceptors (Lipinski definition) is 4. The largest absolute Gasteiger partial charge is 0.381 e. The molecule has 0 aromatic heterocycles. The highest BCUT2D eigenvalue weighted by Gasteiger charge is 2.38. The summed E-state index contributed by atoms with van der Waals surface area (Å²) >= 11 is 0. The molecule has 0 bridgehead atoms. The lowest BCUT2D eigenvalue weighted by Gasteiger charge is -2.34. The van der Waals surface area contributed by atoms with Gasteiger partial charge in [-0.25, -0.2) is 0 Å². The summed E-state index contributed by atoms with van der Waals surface area (Å²) in [6, 6.07) is 7.67. The van der Waals surface area contributed by atoms with Gasteiger partial charge in [0.2, 0.25) is 5.91 Å². The van der Waals surface area contributed by atoms with Gasteiger partial charge in [-0.1, -0.05) is 12.1 Å². The topological polar surface area (TPSA) is 73.6 Å². The van der Waals surface area contributed by atoms with E-state index in [0.29, 0.717) is 39.2 Å². The van der Waals surface area contributed by atoms with Crippen LogP contribution in [0.2, 0.25) is 0 Å². The van der Waals surface area contributed by atoms with Crippen LogP contribution in [-0.4, -0.2) is 32.8 Å². The van der Waals surface area contributed by atoms with Crippen molar-refractivity contribution >= 4 is 24.0 Å². The highest BCUT2D eigenvalue weighted by molar-refractivity contribution is 5.95. The van der Waals surface area contributed by atoms with E-state index in [1.807, 2.05) is 24.3 Å². The molecular formula is C15H23ClN2O3. The van der Waals surface area contributed by atoms with Gasteiger partial charge in [-0.3, -0.25) is 4.79 Å². The number of benzene rings is 1. The molecule has 1 heterocycles. The molecule has 0 atom stereocenters. The van der Waals surface area contributed by atoms with Gasteiger partial charge in [0, 0.05) is 32.6 Å². The molecule has 1 aromatic carbocycles. The Morgan fingerprint density at radius 3 is 2.76 bits per heavy atom. The lowest BCUT2D eigenvalue weighted by molar-refractivity contribution is -0.130. The number of methoxy groups -OCH3 is 1. The van der Waals surface area contributed by atoms with Crippen LogP contribution in [0.3, 0.4) is 0 Å². The van der Waals surface area contributed by atoms with Gasteiger partial charge in [0.25, 0.3) is 0 Å². The number of amides is 1. The van der Waals surface area contributed by atoms with Crippen LogP contribution < -0.4 is 11.1 Å². The molecule has 6 heteroatoms. The average molecular weight is 315 g/mol. The van der Waals surface area contributed by atoms with Gasteiger partial charge in [0.1, 0.15) is 0 Å². The van der Waals surface area contributed by atoms with Crippen molar-refractivity contribution in [3.63, 3.8) is 0 Å². The summed E-state index contributed by atoms with van der Waals surface area (Å²) in [5, 5.41) is 2.97. The van der Waals surface area contributed by atoms with Crippen molar-refractivity contribution in [2.45, 2.75) is 19.4 Å². The Bertz CT molecular complexity index is 462. The number of nitrogens with two attached hydrogens (primary N) is 1. The minimum absolute atomic E-state index is 0. The van der Waals surface area contributed by atoms with Gasteiger partial charge < -0.3 is 20.5 Å². The average Bonchev–Trinajstić information content (AvgIpc) is 2.48. The van der Waals surface area contributed by atoms with E-state index in [-0.39, 0.29) is 18.3 Å². The van der Waals surface area contributed by atoms with Crippen molar-refractivity contribution in [2.75, 3.05) is 32.2 Å². The van der Waals surface area contributed by atoms with E-state index in [4.69, 9.17) is 15.2 Å². The number of carbonyl (C=O) groups excluding carboxylic acids is 1. The second-order valence-electron chi connectivity index (χ2n) is 5.18. The van der Waals surface area contributed by atoms with Crippen molar-refractivity contribution in [1.82, 2.24) is 0 Å². The molecular weight excluding hydrogens is 292 g/mol. The van der Waals surface area contributed by atoms with Gasteiger partial charge in [0.15, 0.2) is 0 Å². The van der Waals surface area contributed by atoms with E-state index < -0.39 is 5.41 Å². The smallest absolute Gasteiger partial charge is 0.232 e. The van der Waals surface area contributed by atoms with Gasteiger partial charge in [0.05, 0.1) is 12.0 Å². The van der Waals surface area contributed by atoms with Gasteiger partial charge in [-0.15, -0.1) is 12.4 Å². The third-order valence-electron chi connectivity index (χ3n) is 3.82. The fraction of sp³-hybridized carbons (Fsp3) is 0.533. The van der Waals surface area contributed by atoms with Crippen LogP contribution in [0.1, 0.15) is 18.4 Å². The predicted octanol–water partition coefficient (Wildman–Crippen LogP) is 1.95. The molecule has 1 aliphatic rings. The monoisotopic (exact) mass is 314 g/mol. The molecule has 1 aromatic rings. The first-order valence-electron chi connectivity index (χ1n) is 6.87. The summed E-state index contributed by atoms with van der Waals surface area (Å²) in [5.41, 5.74) is 7.14. The molecule has 1 amide bonds. The maximum atomic E-state index is 12.5. The second kappa shape index (κ2) is 8.34. The predicted molar refractivity (Wildman–Crippen MR) is 84.6 cm³/mol. The van der Waals surface area contributed by atoms with Crippen molar-refractivity contribution < 1.29 is 14.3 Å². The van der Waals surface area contributed by atoms with E-state index in [1.165, 1.54) is 0 Å². The Morgan fingerprint density at radius 1 is 1.43 bits per heavy atom. The van der Waals surface area contributed by atoms with Crippen molar-refractivity contribution in [3.8, 4) is 0 Å². The number of hydrogen-bond donors (Lipinski definition) is 2. The molecule has 0 saturated carbocycles. The standard InChI is InChI=1S/C15H22N2O3.ClH/c1-19-10-12-3-2-4-13(9-12)17-14(18)15(11-16)5-7-20-8-6-15;/h2-4,9H,5-8,10-11,16H2,1H3,(H,17,18);1H. The first-order chi connectivity index (χ1) is 9.70. The number of rotatable bonds is 5. The summed E-state index contributed by atoms with van der Waals surface area (Å²) < 4.78 is 10.4. The van der Waals surface area contributed by atoms with E-state index in [2.05, 4.69) is 5.32 Å². The van der Waals surface area contributed by atoms with Crippen LogP contribution in [0, 0.1) is 5.41 Å². The molecule has 118 valence electrons. The fourth-order valence-electron chi connectivity index (χ4n) is 2.46. The molecule has 1 fully saturated rings. The number of nitrogens with one attached hydrogen (secondary N) is 1. The zero-order chi connectivity index (χ0) is 14.4. The number of ether oxygens (including phenoxy) is 2. The molecule has 1 aliphatic heterocycles. The summed E-state index contributed by atoms with van der Waals surface area (Å²) in [6.45, 7) is 2.06. The van der Waals surface area contributed by atoms with Crippen LogP contribution in [0.25, 0.3) is 0 Å². The normalized spacial score (nSPS) is 16.9. The SMILES string of the molecule is COCc1cccc(NC(=O)C2(CN)CCOCC2)c1.Cl. The zero-order valence-corrected chi connectivity index (χ0v) is 13.1. The minimum atomic E-state index is -0.504. The molecule has 3 N–H and O–H groups in total. The lowest BCUT2D eigenvalue weighted by Crippen LogP contribution is -2.46. The molecule has 1 saturated heterocycles. The Hall–Kier alpha value is -1.14. The van der Waals surface area contributed by atoms with Crippen LogP contribution >= 0.6 is 12.4 Å². The third kappa shape index (κ3) is 4.41. The molecule has 0 radical (unpaired) electrons. The van der Waals surface area contributed by atoms with Crippen LogP contribution in [0.5, 0.6) is 0 Å². The number of anilines is 1. The van der Waals surface area contributed by atoms with E-state index >= 15 is 0 Å². The van der Waals surface area contributed by atoms with Crippen LogP contribution in [-0.2, 0) is 20.9 Å². The molecule has 0 spiro atoms. The quantitative estimate of drug-likeness (QED) is 0.871. The first kappa shape index (κ1) is 17.9. The molecule has 0 unspecified atom stereocenters. The van der Waals surface area contributed by atoms with E-state index in [1.54, 1.807) is 7.11 Å². The summed E-state index contributed by atoms with van der Waals surface area (Å²) in [4.78, 5) is 12.5. The fourth-order valence-corrected chi connectivity index (χ4v) is 2.46. The Balaban J connectivity index is 0.00000220. The van der Waals surface area contributed by atoms with Crippen molar-refractivity contribution in [1.29, 1.82) is 0 Å². The number of halogens is 1. The maximum absolute atomic E-state index is 12.5. The summed E-state index contributed by atoms with van der Waals surface area (Å²) in [6.07, 6.45) is 1.35. The summed E-state index contributed by atoms with van der Waals surface area (Å²) in [7, 11) is 1.65.